The van der Waals surface area contributed by atoms with E-state index in [9.17, 15) is 18.0 Å². The van der Waals surface area contributed by atoms with Crippen LogP contribution >= 0.6 is 0 Å². The number of sulfonamides is 1. The fourth-order valence-corrected chi connectivity index (χ4v) is 6.17. The molecular formula is C23H35N3O6S. The van der Waals surface area contributed by atoms with Crippen molar-refractivity contribution in [3.8, 4) is 5.75 Å². The molecule has 1 spiro atoms. The maximum atomic E-state index is 13.1. The summed E-state index contributed by atoms with van der Waals surface area (Å²) >= 11 is 0. The number of ether oxygens (including phenoxy) is 2. The molecule has 0 bridgehead atoms. The van der Waals surface area contributed by atoms with E-state index in [1.165, 1.54) is 24.6 Å². The molecule has 0 aromatic heterocycles. The van der Waals surface area contributed by atoms with Gasteiger partial charge in [-0.25, -0.2) is 18.0 Å². The van der Waals surface area contributed by atoms with E-state index in [2.05, 4.69) is 5.32 Å². The fourth-order valence-electron chi connectivity index (χ4n) is 4.70. The number of urea groups is 1. The van der Waals surface area contributed by atoms with Crippen LogP contribution in [0.1, 0.15) is 39.5 Å². The zero-order valence-corrected chi connectivity index (χ0v) is 20.7. The molecule has 2 aliphatic heterocycles. The van der Waals surface area contributed by atoms with Crippen molar-refractivity contribution < 1.29 is 27.5 Å². The van der Waals surface area contributed by atoms with E-state index in [1.807, 2.05) is 13.8 Å². The lowest BCUT2D eigenvalue weighted by molar-refractivity contribution is -0.143. The Kier molecular flexibility index (Phi) is 7.89. The van der Waals surface area contributed by atoms with Crippen molar-refractivity contribution in [2.24, 2.45) is 11.3 Å². The molecule has 1 atom stereocenters. The highest BCUT2D eigenvalue weighted by Crippen LogP contribution is 2.41. The Morgan fingerprint density at radius 1 is 1.12 bits per heavy atom. The molecule has 1 aromatic carbocycles. The van der Waals surface area contributed by atoms with E-state index >= 15 is 0 Å². The SMILES string of the molecule is COC(=O)C(CC(C)C)NC(=O)N1CCC2(CCN(S(=O)(=O)c3cccc(OC)c3)CC2)C1. The van der Waals surface area contributed by atoms with Crippen LogP contribution in [0.3, 0.4) is 0 Å². The molecule has 2 aliphatic rings. The Morgan fingerprint density at radius 2 is 1.79 bits per heavy atom. The number of amides is 2. The van der Waals surface area contributed by atoms with Gasteiger partial charge in [0.2, 0.25) is 10.0 Å². The van der Waals surface area contributed by atoms with E-state index < -0.39 is 22.0 Å². The van der Waals surface area contributed by atoms with Gasteiger partial charge in [-0.15, -0.1) is 0 Å². The van der Waals surface area contributed by atoms with Crippen molar-refractivity contribution in [2.75, 3.05) is 40.4 Å². The van der Waals surface area contributed by atoms with E-state index in [1.54, 1.807) is 23.1 Å². The van der Waals surface area contributed by atoms with Crippen molar-refractivity contribution in [2.45, 2.75) is 50.5 Å². The summed E-state index contributed by atoms with van der Waals surface area (Å²) in [6.45, 7) is 5.94. The average molecular weight is 482 g/mol. The highest BCUT2D eigenvalue weighted by molar-refractivity contribution is 7.89. The number of carbonyl (C=O) groups is 2. The third-order valence-electron chi connectivity index (χ3n) is 6.68. The number of hydrogen-bond donors (Lipinski definition) is 1. The average Bonchev–Trinajstić information content (AvgIpc) is 3.21. The summed E-state index contributed by atoms with van der Waals surface area (Å²) in [7, 11) is -0.774. The Hall–Kier alpha value is -2.33. The van der Waals surface area contributed by atoms with Gasteiger partial charge in [-0.3, -0.25) is 0 Å². The normalized spacial score (nSPS) is 19.5. The molecule has 1 aromatic rings. The van der Waals surface area contributed by atoms with Crippen LogP contribution < -0.4 is 10.1 Å². The maximum Gasteiger partial charge on any atom is 0.328 e. The molecule has 2 fully saturated rings. The topological polar surface area (TPSA) is 105 Å². The predicted molar refractivity (Wildman–Crippen MR) is 123 cm³/mol. The predicted octanol–water partition coefficient (Wildman–Crippen LogP) is 2.47. The van der Waals surface area contributed by atoms with Gasteiger partial charge >= 0.3 is 12.0 Å². The van der Waals surface area contributed by atoms with Crippen molar-refractivity contribution >= 4 is 22.0 Å². The molecule has 3 rings (SSSR count). The second-order valence-corrected chi connectivity index (χ2v) is 11.3. The summed E-state index contributed by atoms with van der Waals surface area (Å²) in [5.41, 5.74) is -0.101. The number of rotatable bonds is 7. The third-order valence-corrected chi connectivity index (χ3v) is 8.57. The lowest BCUT2D eigenvalue weighted by atomic mass is 9.78. The van der Waals surface area contributed by atoms with Crippen molar-refractivity contribution in [3.05, 3.63) is 24.3 Å². The minimum Gasteiger partial charge on any atom is -0.497 e. The molecule has 1 N–H and O–H groups in total. The smallest absolute Gasteiger partial charge is 0.328 e. The van der Waals surface area contributed by atoms with Crippen molar-refractivity contribution in [3.63, 3.8) is 0 Å². The van der Waals surface area contributed by atoms with E-state index in [4.69, 9.17) is 9.47 Å². The molecule has 2 heterocycles. The standard InChI is InChI=1S/C23H35N3O6S/c1-17(2)14-20(21(27)32-4)24-22(28)25-11-8-23(16-25)9-12-26(13-10-23)33(29,30)19-7-5-6-18(15-19)31-3/h5-7,15,17,20H,8-14,16H2,1-4H3,(H,24,28). The molecule has 9 nitrogen and oxygen atoms in total. The Morgan fingerprint density at radius 3 is 2.39 bits per heavy atom. The van der Waals surface area contributed by atoms with Gasteiger partial charge in [0.1, 0.15) is 11.8 Å². The van der Waals surface area contributed by atoms with Gasteiger partial charge < -0.3 is 19.7 Å². The molecule has 2 saturated heterocycles. The summed E-state index contributed by atoms with van der Waals surface area (Å²) in [5, 5.41) is 2.82. The van der Waals surface area contributed by atoms with E-state index in [0.29, 0.717) is 51.2 Å². The number of piperidine rings is 1. The lowest BCUT2D eigenvalue weighted by Gasteiger charge is -2.38. The first kappa shape index (κ1) is 25.3. The van der Waals surface area contributed by atoms with Crippen LogP contribution in [0.5, 0.6) is 5.75 Å². The van der Waals surface area contributed by atoms with Gasteiger partial charge in [0, 0.05) is 32.2 Å². The second-order valence-electron chi connectivity index (χ2n) is 9.41. The summed E-state index contributed by atoms with van der Waals surface area (Å²) < 4.78 is 37.7. The first-order valence-corrected chi connectivity index (χ1v) is 12.8. The number of likely N-dealkylation sites (tertiary alicyclic amines) is 1. The van der Waals surface area contributed by atoms with Gasteiger partial charge in [0.25, 0.3) is 0 Å². The molecule has 1 unspecified atom stereocenters. The number of carbonyl (C=O) groups excluding carboxylic acids is 2. The number of benzene rings is 1. The monoisotopic (exact) mass is 481 g/mol. The van der Waals surface area contributed by atoms with Gasteiger partial charge in [-0.1, -0.05) is 19.9 Å². The summed E-state index contributed by atoms with van der Waals surface area (Å²) in [4.78, 5) is 26.9. The first-order valence-electron chi connectivity index (χ1n) is 11.4. The first-order chi connectivity index (χ1) is 15.6. The molecule has 10 heteroatoms. The van der Waals surface area contributed by atoms with Crippen molar-refractivity contribution in [1.29, 1.82) is 0 Å². The fraction of sp³-hybridized carbons (Fsp3) is 0.652. The minimum absolute atomic E-state index is 0.101. The maximum absolute atomic E-state index is 13.1. The number of methoxy groups -OCH3 is 2. The number of nitrogens with one attached hydrogen (secondary N) is 1. The Balaban J connectivity index is 1.60. The van der Waals surface area contributed by atoms with Crippen molar-refractivity contribution in [1.82, 2.24) is 14.5 Å². The second kappa shape index (κ2) is 10.3. The van der Waals surface area contributed by atoms with Gasteiger partial charge in [0.05, 0.1) is 19.1 Å². The van der Waals surface area contributed by atoms with Crippen LogP contribution in [0.4, 0.5) is 4.79 Å². The molecular weight excluding hydrogens is 446 g/mol. The number of hydrogen-bond acceptors (Lipinski definition) is 6. The van der Waals surface area contributed by atoms with Crippen LogP contribution in [0.25, 0.3) is 0 Å². The van der Waals surface area contributed by atoms with E-state index in [-0.39, 0.29) is 22.3 Å². The molecule has 184 valence electrons. The lowest BCUT2D eigenvalue weighted by Crippen LogP contribution is -2.49. The molecule has 0 saturated carbocycles. The van der Waals surface area contributed by atoms with Crippen LogP contribution in [-0.4, -0.2) is 76.1 Å². The van der Waals surface area contributed by atoms with Crippen LogP contribution in [0.15, 0.2) is 29.2 Å². The van der Waals surface area contributed by atoms with Gasteiger partial charge in [0.15, 0.2) is 0 Å². The zero-order valence-electron chi connectivity index (χ0n) is 19.9. The Labute approximate surface area is 196 Å². The molecule has 2 amide bonds. The van der Waals surface area contributed by atoms with E-state index in [0.717, 1.165) is 6.42 Å². The molecule has 0 radical (unpaired) electrons. The highest BCUT2D eigenvalue weighted by Gasteiger charge is 2.44. The highest BCUT2D eigenvalue weighted by atomic mass is 32.2. The largest absolute Gasteiger partial charge is 0.497 e. The summed E-state index contributed by atoms with van der Waals surface area (Å²) in [6.07, 6.45) is 2.70. The minimum atomic E-state index is -3.60. The number of esters is 1. The Bertz CT molecular complexity index is 957. The van der Waals surface area contributed by atoms with Crippen LogP contribution in [-0.2, 0) is 19.6 Å². The molecule has 33 heavy (non-hydrogen) atoms. The quantitative estimate of drug-likeness (QED) is 0.600. The van der Waals surface area contributed by atoms with Crippen LogP contribution in [0.2, 0.25) is 0 Å². The molecule has 0 aliphatic carbocycles. The third kappa shape index (κ3) is 5.78. The van der Waals surface area contributed by atoms with Crippen LogP contribution in [0, 0.1) is 11.3 Å². The van der Waals surface area contributed by atoms with Gasteiger partial charge in [-0.05, 0) is 49.1 Å². The number of nitrogens with zero attached hydrogens (tertiary/aromatic N) is 2. The zero-order chi connectivity index (χ0) is 24.2. The summed E-state index contributed by atoms with van der Waals surface area (Å²) in [5.74, 6) is 0.293. The van der Waals surface area contributed by atoms with Gasteiger partial charge in [-0.2, -0.15) is 4.31 Å². The summed E-state index contributed by atoms with van der Waals surface area (Å²) in [6, 6.07) is 5.57.